The van der Waals surface area contributed by atoms with E-state index in [1.807, 2.05) is 6.92 Å². The average Bonchev–Trinajstić information content (AvgIpc) is 3.12. The Bertz CT molecular complexity index is 592. The van der Waals surface area contributed by atoms with Crippen molar-refractivity contribution in [2.24, 2.45) is 10.9 Å². The van der Waals surface area contributed by atoms with E-state index >= 15 is 0 Å². The Labute approximate surface area is 179 Å². The van der Waals surface area contributed by atoms with Gasteiger partial charge in [0.15, 0.2) is 5.96 Å². The van der Waals surface area contributed by atoms with Crippen molar-refractivity contribution in [3.05, 3.63) is 12.2 Å². The van der Waals surface area contributed by atoms with Gasteiger partial charge in [0.1, 0.15) is 12.2 Å². The van der Waals surface area contributed by atoms with Crippen LogP contribution in [-0.2, 0) is 22.5 Å². The first-order valence-electron chi connectivity index (χ1n) is 9.76. The summed E-state index contributed by atoms with van der Waals surface area (Å²) in [4.78, 5) is 19.0. The number of aliphatic imine (C=N–C) groups is 1. The third-order valence-electron chi connectivity index (χ3n) is 4.47. The Hall–Kier alpha value is -1.39. The monoisotopic (exact) mass is 492 g/mol. The summed E-state index contributed by atoms with van der Waals surface area (Å²) in [5, 5.41) is 11.5. The highest BCUT2D eigenvalue weighted by Gasteiger charge is 2.28. The maximum atomic E-state index is 12.1. The van der Waals surface area contributed by atoms with Crippen molar-refractivity contribution >= 4 is 35.9 Å². The molecule has 0 bridgehead atoms. The molecule has 1 aliphatic heterocycles. The number of piperidine rings is 1. The molecule has 1 N–H and O–H groups in total. The number of nitrogens with one attached hydrogen (secondary N) is 1. The molecule has 1 aliphatic rings. The Balaban J connectivity index is 0.00000364. The summed E-state index contributed by atoms with van der Waals surface area (Å²) in [6, 6.07) is 0. The molecule has 1 atom stereocenters. The van der Waals surface area contributed by atoms with Gasteiger partial charge in [0.25, 0.3) is 0 Å². The van der Waals surface area contributed by atoms with Crippen molar-refractivity contribution in [2.75, 3.05) is 32.8 Å². The molecule has 27 heavy (non-hydrogen) atoms. The van der Waals surface area contributed by atoms with E-state index < -0.39 is 0 Å². The number of esters is 1. The number of guanidine groups is 1. The molecule has 0 saturated carbocycles. The minimum Gasteiger partial charge on any atom is -0.466 e. The molecule has 1 fully saturated rings. The molecule has 2 rings (SSSR count). The van der Waals surface area contributed by atoms with Crippen molar-refractivity contribution < 1.29 is 9.53 Å². The van der Waals surface area contributed by atoms with Gasteiger partial charge in [-0.25, -0.2) is 0 Å². The lowest BCUT2D eigenvalue weighted by molar-refractivity contribution is -0.149. The number of aromatic nitrogens is 3. The number of ether oxygens (including phenoxy) is 1. The lowest BCUT2D eigenvalue weighted by Crippen LogP contribution is -2.49. The molecule has 0 aliphatic carbocycles. The molecule has 1 saturated heterocycles. The van der Waals surface area contributed by atoms with Crippen LogP contribution in [0.3, 0.4) is 0 Å². The Morgan fingerprint density at radius 1 is 1.41 bits per heavy atom. The number of hydrogen-bond donors (Lipinski definition) is 1. The summed E-state index contributed by atoms with van der Waals surface area (Å²) in [6.45, 7) is 10.4. The van der Waals surface area contributed by atoms with Gasteiger partial charge in [-0.15, -0.1) is 34.2 Å². The second-order valence-electron chi connectivity index (χ2n) is 6.46. The van der Waals surface area contributed by atoms with E-state index in [0.29, 0.717) is 13.2 Å². The van der Waals surface area contributed by atoms with Crippen LogP contribution in [0, 0.1) is 5.92 Å². The Morgan fingerprint density at radius 3 is 2.93 bits per heavy atom. The molecule has 1 aromatic heterocycles. The van der Waals surface area contributed by atoms with Gasteiger partial charge >= 0.3 is 5.97 Å². The number of hydrogen-bond acceptors (Lipinski definition) is 5. The maximum absolute atomic E-state index is 12.1. The van der Waals surface area contributed by atoms with Crippen LogP contribution in [0.1, 0.15) is 45.9 Å². The second-order valence-corrected chi connectivity index (χ2v) is 6.46. The van der Waals surface area contributed by atoms with Crippen LogP contribution in [0.2, 0.25) is 0 Å². The van der Waals surface area contributed by atoms with Gasteiger partial charge in [0.2, 0.25) is 0 Å². The summed E-state index contributed by atoms with van der Waals surface area (Å²) in [5.74, 6) is 1.71. The largest absolute Gasteiger partial charge is 0.466 e. The fourth-order valence-electron chi connectivity index (χ4n) is 3.14. The van der Waals surface area contributed by atoms with E-state index in [2.05, 4.69) is 38.8 Å². The van der Waals surface area contributed by atoms with Crippen LogP contribution >= 0.6 is 24.0 Å². The topological polar surface area (TPSA) is 84.6 Å². The smallest absolute Gasteiger partial charge is 0.310 e. The van der Waals surface area contributed by atoms with E-state index in [1.54, 1.807) is 6.33 Å². The molecule has 0 radical (unpaired) electrons. The molecule has 8 nitrogen and oxygen atoms in total. The number of halogens is 1. The van der Waals surface area contributed by atoms with Crippen molar-refractivity contribution in [3.8, 4) is 0 Å². The summed E-state index contributed by atoms with van der Waals surface area (Å²) in [5.41, 5.74) is 0. The van der Waals surface area contributed by atoms with Gasteiger partial charge in [0, 0.05) is 39.1 Å². The number of carbonyl (C=O) groups excluding carboxylic acids is 1. The van der Waals surface area contributed by atoms with E-state index in [1.165, 1.54) is 0 Å². The summed E-state index contributed by atoms with van der Waals surface area (Å²) in [6.07, 6.45) is 5.48. The standard InChI is InChI=1S/C18H32N6O2.HI/c1-4-9-19-18(20-10-12-24-14-21-22-16(24)5-2)23-11-7-8-15(13-23)17(25)26-6-3;/h14-15H,4-13H2,1-3H3,(H,19,20);1H. The number of aryl methyl sites for hydroxylation is 1. The van der Waals surface area contributed by atoms with E-state index in [4.69, 9.17) is 9.73 Å². The molecule has 0 amide bonds. The second kappa shape index (κ2) is 12.9. The number of nitrogens with zero attached hydrogens (tertiary/aromatic N) is 5. The molecule has 0 aromatic carbocycles. The van der Waals surface area contributed by atoms with Crippen molar-refractivity contribution in [2.45, 2.75) is 53.0 Å². The predicted octanol–water partition coefficient (Wildman–Crippen LogP) is 2.09. The molecular weight excluding hydrogens is 459 g/mol. The first kappa shape index (κ1) is 23.6. The number of likely N-dealkylation sites (tertiary alicyclic amines) is 1. The van der Waals surface area contributed by atoms with E-state index in [-0.39, 0.29) is 35.9 Å². The number of rotatable bonds is 8. The summed E-state index contributed by atoms with van der Waals surface area (Å²) < 4.78 is 7.26. The van der Waals surface area contributed by atoms with Crippen LogP contribution in [0.15, 0.2) is 11.3 Å². The van der Waals surface area contributed by atoms with Gasteiger partial charge in [0.05, 0.1) is 12.5 Å². The fourth-order valence-corrected chi connectivity index (χ4v) is 3.14. The van der Waals surface area contributed by atoms with Crippen molar-refractivity contribution in [1.29, 1.82) is 0 Å². The Morgan fingerprint density at radius 2 is 2.22 bits per heavy atom. The van der Waals surface area contributed by atoms with Crippen molar-refractivity contribution in [3.63, 3.8) is 0 Å². The molecule has 1 aromatic rings. The number of carbonyl (C=O) groups is 1. The first-order chi connectivity index (χ1) is 12.7. The minimum absolute atomic E-state index is 0. The minimum atomic E-state index is -0.0934. The fraction of sp³-hybridized carbons (Fsp3) is 0.778. The molecule has 1 unspecified atom stereocenters. The highest BCUT2D eigenvalue weighted by atomic mass is 127. The highest BCUT2D eigenvalue weighted by molar-refractivity contribution is 14.0. The molecule has 2 heterocycles. The third-order valence-corrected chi connectivity index (χ3v) is 4.47. The van der Waals surface area contributed by atoms with Gasteiger partial charge < -0.3 is 19.5 Å². The van der Waals surface area contributed by atoms with E-state index in [9.17, 15) is 4.79 Å². The third kappa shape index (κ3) is 7.27. The van der Waals surface area contributed by atoms with Gasteiger partial charge in [-0.3, -0.25) is 9.79 Å². The van der Waals surface area contributed by atoms with Crippen LogP contribution in [-0.4, -0.2) is 64.4 Å². The summed E-state index contributed by atoms with van der Waals surface area (Å²) >= 11 is 0. The zero-order chi connectivity index (χ0) is 18.8. The Kier molecular flexibility index (Phi) is 11.3. The van der Waals surface area contributed by atoms with Crippen LogP contribution in [0.5, 0.6) is 0 Å². The zero-order valence-electron chi connectivity index (χ0n) is 16.7. The van der Waals surface area contributed by atoms with E-state index in [0.717, 1.165) is 63.6 Å². The highest BCUT2D eigenvalue weighted by Crippen LogP contribution is 2.18. The average molecular weight is 492 g/mol. The molecule has 0 spiro atoms. The normalized spacial score (nSPS) is 17.4. The van der Waals surface area contributed by atoms with Gasteiger partial charge in [-0.1, -0.05) is 13.8 Å². The predicted molar refractivity (Wildman–Crippen MR) is 116 cm³/mol. The van der Waals surface area contributed by atoms with Crippen molar-refractivity contribution in [1.82, 2.24) is 25.0 Å². The lowest BCUT2D eigenvalue weighted by Gasteiger charge is -2.34. The van der Waals surface area contributed by atoms with Crippen LogP contribution in [0.4, 0.5) is 0 Å². The quantitative estimate of drug-likeness (QED) is 0.259. The molecular formula is C18H33IN6O2. The van der Waals surface area contributed by atoms with Gasteiger partial charge in [-0.2, -0.15) is 0 Å². The SMILES string of the molecule is CCCN=C(NCCn1cnnc1CC)N1CCCC(C(=O)OCC)C1.I. The lowest BCUT2D eigenvalue weighted by atomic mass is 9.98. The van der Waals surface area contributed by atoms with Crippen LogP contribution < -0.4 is 5.32 Å². The van der Waals surface area contributed by atoms with Gasteiger partial charge in [-0.05, 0) is 26.2 Å². The molecule has 154 valence electrons. The summed E-state index contributed by atoms with van der Waals surface area (Å²) in [7, 11) is 0. The zero-order valence-corrected chi connectivity index (χ0v) is 19.0. The van der Waals surface area contributed by atoms with Crippen LogP contribution in [0.25, 0.3) is 0 Å². The maximum Gasteiger partial charge on any atom is 0.310 e. The first-order valence-corrected chi connectivity index (χ1v) is 9.76. The molecule has 9 heteroatoms.